The number of hydrogen-bond acceptors (Lipinski definition) is 6. The van der Waals surface area contributed by atoms with Crippen LogP contribution in [0.1, 0.15) is 17.3 Å². The van der Waals surface area contributed by atoms with E-state index in [1.807, 2.05) is 0 Å². The van der Waals surface area contributed by atoms with E-state index in [1.54, 1.807) is 24.9 Å². The topological polar surface area (TPSA) is 94.3 Å². The van der Waals surface area contributed by atoms with Crippen molar-refractivity contribution in [2.45, 2.75) is 11.8 Å². The van der Waals surface area contributed by atoms with E-state index in [2.05, 4.69) is 10.1 Å². The molecule has 7 nitrogen and oxygen atoms in total. The maximum Gasteiger partial charge on any atom is 0.338 e. The molecule has 0 aliphatic heterocycles. The summed E-state index contributed by atoms with van der Waals surface area (Å²) >= 11 is 1.12. The number of fused-ring (bicyclic) bond motifs is 1. The minimum absolute atomic E-state index is 0.0438. The predicted molar refractivity (Wildman–Crippen MR) is 72.8 cm³/mol. The van der Waals surface area contributed by atoms with Crippen LogP contribution in [0.15, 0.2) is 17.3 Å². The van der Waals surface area contributed by atoms with Crippen LogP contribution in [0.25, 0.3) is 11.0 Å². The molecule has 0 spiro atoms. The van der Waals surface area contributed by atoms with E-state index < -0.39 is 5.97 Å². The van der Waals surface area contributed by atoms with Crippen molar-refractivity contribution in [3.63, 3.8) is 0 Å². The van der Waals surface area contributed by atoms with Crippen LogP contribution in [-0.2, 0) is 16.6 Å². The summed E-state index contributed by atoms with van der Waals surface area (Å²) in [6.45, 7) is 2.01. The smallest absolute Gasteiger partial charge is 0.338 e. The van der Waals surface area contributed by atoms with E-state index in [1.165, 1.54) is 6.20 Å². The third-order valence-corrected chi connectivity index (χ3v) is 3.69. The van der Waals surface area contributed by atoms with Crippen LogP contribution in [0.5, 0.6) is 0 Å². The van der Waals surface area contributed by atoms with Crippen molar-refractivity contribution in [1.82, 2.24) is 14.8 Å². The normalized spacial score (nSPS) is 10.7. The molecule has 2 heterocycles. The molecule has 0 fully saturated rings. The molecule has 2 aromatic heterocycles. The zero-order valence-electron chi connectivity index (χ0n) is 11.0. The fourth-order valence-corrected chi connectivity index (χ4v) is 2.66. The van der Waals surface area contributed by atoms with Crippen LogP contribution < -0.4 is 0 Å². The van der Waals surface area contributed by atoms with Gasteiger partial charge in [-0.1, -0.05) is 0 Å². The number of nitrogens with zero attached hydrogens (tertiary/aromatic N) is 3. The minimum atomic E-state index is -1.09. The molecule has 0 aliphatic carbocycles. The van der Waals surface area contributed by atoms with Crippen LogP contribution in [0.4, 0.5) is 0 Å². The van der Waals surface area contributed by atoms with Gasteiger partial charge in [-0.15, -0.1) is 11.8 Å². The molecule has 0 radical (unpaired) electrons. The Balaban J connectivity index is 2.39. The van der Waals surface area contributed by atoms with Gasteiger partial charge >= 0.3 is 11.9 Å². The van der Waals surface area contributed by atoms with Crippen LogP contribution >= 0.6 is 11.8 Å². The van der Waals surface area contributed by atoms with Crippen LogP contribution in [0, 0.1) is 0 Å². The molecule has 1 N–H and O–H groups in total. The number of hydrogen-bond donors (Lipinski definition) is 1. The molecule has 2 aromatic rings. The van der Waals surface area contributed by atoms with Gasteiger partial charge in [-0.05, 0) is 6.92 Å². The van der Waals surface area contributed by atoms with Gasteiger partial charge in [0.05, 0.1) is 29.5 Å². The van der Waals surface area contributed by atoms with Gasteiger partial charge in [-0.2, -0.15) is 5.10 Å². The summed E-state index contributed by atoms with van der Waals surface area (Å²) in [5.74, 6) is -1.43. The van der Waals surface area contributed by atoms with Crippen molar-refractivity contribution in [2.75, 3.05) is 12.4 Å². The summed E-state index contributed by atoms with van der Waals surface area (Å²) in [5.41, 5.74) is 0.626. The van der Waals surface area contributed by atoms with Crippen molar-refractivity contribution < 1.29 is 19.4 Å². The molecular formula is C12H13N3O4S. The number of thioether (sulfide) groups is 1. The lowest BCUT2D eigenvalue weighted by molar-refractivity contribution is -0.139. The van der Waals surface area contributed by atoms with Crippen molar-refractivity contribution in [3.05, 3.63) is 18.0 Å². The molecule has 0 aliphatic rings. The number of aryl methyl sites for hydroxylation is 1. The third kappa shape index (κ3) is 2.74. The van der Waals surface area contributed by atoms with Gasteiger partial charge in [0.15, 0.2) is 5.65 Å². The second kappa shape index (κ2) is 5.91. The molecule has 20 heavy (non-hydrogen) atoms. The molecule has 106 valence electrons. The fourth-order valence-electron chi connectivity index (χ4n) is 1.72. The SMILES string of the molecule is CCOC(=O)CSc1c(C(=O)O)cnc2c1cnn2C. The Hall–Kier alpha value is -2.09. The maximum atomic E-state index is 11.4. The maximum absolute atomic E-state index is 11.4. The Labute approximate surface area is 118 Å². The van der Waals surface area contributed by atoms with Crippen molar-refractivity contribution in [3.8, 4) is 0 Å². The fraction of sp³-hybridized carbons (Fsp3) is 0.333. The number of carboxylic acid groups (broad SMARTS) is 1. The molecule has 0 atom stereocenters. The summed E-state index contributed by atoms with van der Waals surface area (Å²) in [6.07, 6.45) is 2.82. The zero-order chi connectivity index (χ0) is 14.7. The number of esters is 1. The standard InChI is InChI=1S/C12H13N3O4S/c1-3-19-9(16)6-20-10-7-5-14-15(2)11(7)13-4-8(10)12(17)18/h4-5H,3,6H2,1-2H3,(H,17,18). The molecule has 0 saturated heterocycles. The van der Waals surface area contributed by atoms with Crippen LogP contribution in [0.2, 0.25) is 0 Å². The number of aromatic nitrogens is 3. The van der Waals surface area contributed by atoms with E-state index in [0.717, 1.165) is 11.8 Å². The molecule has 0 saturated carbocycles. The lowest BCUT2D eigenvalue weighted by Gasteiger charge is -2.07. The Morgan fingerprint density at radius 1 is 1.45 bits per heavy atom. The third-order valence-electron chi connectivity index (χ3n) is 2.58. The van der Waals surface area contributed by atoms with Crippen molar-refractivity contribution in [1.29, 1.82) is 0 Å². The first-order chi connectivity index (χ1) is 9.54. The first kappa shape index (κ1) is 14.3. The monoisotopic (exact) mass is 295 g/mol. The first-order valence-electron chi connectivity index (χ1n) is 5.87. The van der Waals surface area contributed by atoms with Gasteiger partial charge in [0, 0.05) is 18.1 Å². The second-order valence-electron chi connectivity index (χ2n) is 3.91. The number of carboxylic acids is 1. The van der Waals surface area contributed by atoms with E-state index in [9.17, 15) is 14.7 Å². The van der Waals surface area contributed by atoms with Crippen molar-refractivity contribution >= 4 is 34.7 Å². The van der Waals surface area contributed by atoms with Crippen LogP contribution in [-0.4, -0.2) is 44.2 Å². The Kier molecular flexibility index (Phi) is 4.23. The predicted octanol–water partition coefficient (Wildman–Crippen LogP) is 1.32. The quantitative estimate of drug-likeness (QED) is 0.656. The van der Waals surface area contributed by atoms with Gasteiger partial charge in [0.2, 0.25) is 0 Å². The molecular weight excluding hydrogens is 282 g/mol. The number of carbonyl (C=O) groups excluding carboxylic acids is 1. The number of ether oxygens (including phenoxy) is 1. The average molecular weight is 295 g/mol. The summed E-state index contributed by atoms with van der Waals surface area (Å²) in [4.78, 5) is 27.2. The van der Waals surface area contributed by atoms with E-state index in [4.69, 9.17) is 4.74 Å². The number of rotatable bonds is 5. The lowest BCUT2D eigenvalue weighted by atomic mass is 10.2. The van der Waals surface area contributed by atoms with Gasteiger partial charge in [0.1, 0.15) is 0 Å². The van der Waals surface area contributed by atoms with Gasteiger partial charge in [0.25, 0.3) is 0 Å². The summed E-state index contributed by atoms with van der Waals surface area (Å²) in [7, 11) is 1.72. The van der Waals surface area contributed by atoms with Gasteiger partial charge in [-0.25, -0.2) is 9.78 Å². The minimum Gasteiger partial charge on any atom is -0.478 e. The van der Waals surface area contributed by atoms with E-state index >= 15 is 0 Å². The summed E-state index contributed by atoms with van der Waals surface area (Å²) < 4.78 is 6.39. The zero-order valence-corrected chi connectivity index (χ0v) is 11.8. The highest BCUT2D eigenvalue weighted by atomic mass is 32.2. The Bertz CT molecular complexity index is 668. The first-order valence-corrected chi connectivity index (χ1v) is 6.85. The largest absolute Gasteiger partial charge is 0.478 e. The molecule has 0 aromatic carbocycles. The average Bonchev–Trinajstić information content (AvgIpc) is 2.78. The number of pyridine rings is 1. The Morgan fingerprint density at radius 2 is 2.20 bits per heavy atom. The number of carbonyl (C=O) groups is 2. The summed E-state index contributed by atoms with van der Waals surface area (Å²) in [6, 6.07) is 0. The van der Waals surface area contributed by atoms with Gasteiger partial charge < -0.3 is 9.84 Å². The molecule has 0 bridgehead atoms. The summed E-state index contributed by atoms with van der Waals surface area (Å²) in [5, 5.41) is 13.9. The highest BCUT2D eigenvalue weighted by molar-refractivity contribution is 8.00. The number of aromatic carboxylic acids is 1. The highest BCUT2D eigenvalue weighted by Gasteiger charge is 2.18. The molecule has 0 unspecified atom stereocenters. The molecule has 8 heteroatoms. The van der Waals surface area contributed by atoms with E-state index in [0.29, 0.717) is 22.5 Å². The second-order valence-corrected chi connectivity index (χ2v) is 4.89. The Morgan fingerprint density at radius 3 is 2.85 bits per heavy atom. The van der Waals surface area contributed by atoms with E-state index in [-0.39, 0.29) is 17.3 Å². The van der Waals surface area contributed by atoms with Crippen molar-refractivity contribution in [2.24, 2.45) is 7.05 Å². The molecule has 0 amide bonds. The highest BCUT2D eigenvalue weighted by Crippen LogP contribution is 2.30. The van der Waals surface area contributed by atoms with Gasteiger partial charge in [-0.3, -0.25) is 9.48 Å². The van der Waals surface area contributed by atoms with Crippen LogP contribution in [0.3, 0.4) is 0 Å². The molecule has 2 rings (SSSR count). The lowest BCUT2D eigenvalue weighted by Crippen LogP contribution is -2.08.